The van der Waals surface area contributed by atoms with Crippen LogP contribution < -0.4 is 20.7 Å². The average molecular weight is 300 g/mol. The summed E-state index contributed by atoms with van der Waals surface area (Å²) in [5.41, 5.74) is 4.51. The number of nitrogens with two attached hydrogens (primary N) is 1. The van der Waals surface area contributed by atoms with E-state index in [-0.39, 0.29) is 5.91 Å². The molecule has 0 atom stereocenters. The largest absolute Gasteiger partial charge is 0.493 e. The smallest absolute Gasteiger partial charge is 0.265 e. The summed E-state index contributed by atoms with van der Waals surface area (Å²) in [5.74, 6) is 6.30. The second-order valence-electron chi connectivity index (χ2n) is 4.83. The van der Waals surface area contributed by atoms with Crippen molar-refractivity contribution in [3.8, 4) is 11.5 Å². The Morgan fingerprint density at radius 1 is 1.18 bits per heavy atom. The van der Waals surface area contributed by atoms with Crippen molar-refractivity contribution in [2.45, 2.75) is 20.5 Å². The Morgan fingerprint density at radius 3 is 2.68 bits per heavy atom. The fourth-order valence-electron chi connectivity index (χ4n) is 2.08. The minimum Gasteiger partial charge on any atom is -0.493 e. The van der Waals surface area contributed by atoms with Crippen LogP contribution in [0.4, 0.5) is 0 Å². The summed E-state index contributed by atoms with van der Waals surface area (Å²) in [7, 11) is 0. The summed E-state index contributed by atoms with van der Waals surface area (Å²) in [5, 5.41) is 0. The SMILES string of the molecule is CCOc1ccc(C(=O)NN)cc1COc1cccc(C)c1. The van der Waals surface area contributed by atoms with Crippen molar-refractivity contribution in [3.05, 3.63) is 59.2 Å². The van der Waals surface area contributed by atoms with Crippen LogP contribution >= 0.6 is 0 Å². The molecule has 2 rings (SSSR count). The maximum absolute atomic E-state index is 11.6. The van der Waals surface area contributed by atoms with Gasteiger partial charge in [-0.05, 0) is 49.7 Å². The van der Waals surface area contributed by atoms with Crippen LogP contribution in [-0.4, -0.2) is 12.5 Å². The Balaban J connectivity index is 2.20. The van der Waals surface area contributed by atoms with Gasteiger partial charge in [0.15, 0.2) is 0 Å². The zero-order valence-electron chi connectivity index (χ0n) is 12.8. The number of nitrogens with one attached hydrogen (secondary N) is 1. The van der Waals surface area contributed by atoms with E-state index in [0.29, 0.717) is 24.5 Å². The van der Waals surface area contributed by atoms with E-state index in [9.17, 15) is 4.79 Å². The fourth-order valence-corrected chi connectivity index (χ4v) is 2.08. The Labute approximate surface area is 130 Å². The first-order valence-corrected chi connectivity index (χ1v) is 7.10. The van der Waals surface area contributed by atoms with Gasteiger partial charge in [0.2, 0.25) is 0 Å². The molecule has 0 spiro atoms. The standard InChI is InChI=1S/C17H20N2O3/c1-3-21-16-8-7-13(17(20)19-18)10-14(16)11-22-15-6-4-5-12(2)9-15/h4-10H,3,11,18H2,1-2H3,(H,19,20). The predicted octanol–water partition coefficient (Wildman–Crippen LogP) is 2.58. The van der Waals surface area contributed by atoms with Crippen LogP contribution in [0.2, 0.25) is 0 Å². The van der Waals surface area contributed by atoms with Gasteiger partial charge in [-0.15, -0.1) is 0 Å². The molecule has 116 valence electrons. The molecule has 22 heavy (non-hydrogen) atoms. The van der Waals surface area contributed by atoms with Crippen molar-refractivity contribution in [2.24, 2.45) is 5.84 Å². The molecule has 0 aromatic heterocycles. The summed E-state index contributed by atoms with van der Waals surface area (Å²) in [6.45, 7) is 4.76. The molecule has 0 saturated heterocycles. The maximum atomic E-state index is 11.6. The van der Waals surface area contributed by atoms with E-state index in [1.54, 1.807) is 18.2 Å². The van der Waals surface area contributed by atoms with Gasteiger partial charge in [0, 0.05) is 11.1 Å². The van der Waals surface area contributed by atoms with Gasteiger partial charge >= 0.3 is 0 Å². The molecule has 0 radical (unpaired) electrons. The molecule has 2 aromatic rings. The molecule has 0 fully saturated rings. The molecule has 5 heteroatoms. The number of ether oxygens (including phenoxy) is 2. The van der Waals surface area contributed by atoms with E-state index in [1.165, 1.54) is 0 Å². The molecule has 0 aliphatic carbocycles. The van der Waals surface area contributed by atoms with Gasteiger partial charge in [0.25, 0.3) is 5.91 Å². The fraction of sp³-hybridized carbons (Fsp3) is 0.235. The lowest BCUT2D eigenvalue weighted by atomic mass is 10.1. The number of hydrogen-bond donors (Lipinski definition) is 2. The van der Waals surface area contributed by atoms with Gasteiger partial charge in [-0.25, -0.2) is 5.84 Å². The number of amides is 1. The van der Waals surface area contributed by atoms with E-state index >= 15 is 0 Å². The molecular formula is C17H20N2O3. The van der Waals surface area contributed by atoms with Gasteiger partial charge in [-0.3, -0.25) is 10.2 Å². The Hall–Kier alpha value is -2.53. The van der Waals surface area contributed by atoms with Crippen LogP contribution in [0, 0.1) is 6.92 Å². The van der Waals surface area contributed by atoms with Crippen LogP contribution in [0.15, 0.2) is 42.5 Å². The van der Waals surface area contributed by atoms with Crippen molar-refractivity contribution in [1.82, 2.24) is 5.43 Å². The number of aryl methyl sites for hydroxylation is 1. The van der Waals surface area contributed by atoms with Crippen molar-refractivity contribution < 1.29 is 14.3 Å². The van der Waals surface area contributed by atoms with E-state index in [1.807, 2.05) is 38.1 Å². The first-order valence-electron chi connectivity index (χ1n) is 7.10. The molecule has 0 aliphatic rings. The highest BCUT2D eigenvalue weighted by molar-refractivity contribution is 5.94. The molecular weight excluding hydrogens is 280 g/mol. The minimum atomic E-state index is -0.347. The molecule has 0 aliphatic heterocycles. The van der Waals surface area contributed by atoms with Crippen LogP contribution in [-0.2, 0) is 6.61 Å². The van der Waals surface area contributed by atoms with Crippen molar-refractivity contribution >= 4 is 5.91 Å². The van der Waals surface area contributed by atoms with Crippen molar-refractivity contribution in [3.63, 3.8) is 0 Å². The molecule has 0 unspecified atom stereocenters. The van der Waals surface area contributed by atoms with Gasteiger partial charge in [-0.2, -0.15) is 0 Å². The number of hydrogen-bond acceptors (Lipinski definition) is 4. The number of carbonyl (C=O) groups excluding carboxylic acids is 1. The van der Waals surface area contributed by atoms with Gasteiger partial charge in [0.05, 0.1) is 6.61 Å². The number of benzene rings is 2. The topological polar surface area (TPSA) is 73.6 Å². The molecule has 3 N–H and O–H groups in total. The number of carbonyl (C=O) groups is 1. The predicted molar refractivity (Wildman–Crippen MR) is 84.8 cm³/mol. The monoisotopic (exact) mass is 300 g/mol. The highest BCUT2D eigenvalue weighted by Gasteiger charge is 2.10. The third-order valence-electron chi connectivity index (χ3n) is 3.14. The van der Waals surface area contributed by atoms with Gasteiger partial charge in [0.1, 0.15) is 18.1 Å². The number of nitrogen functional groups attached to an aromatic ring is 1. The second kappa shape index (κ2) is 7.47. The first kappa shape index (κ1) is 15.9. The molecule has 0 heterocycles. The lowest BCUT2D eigenvalue weighted by molar-refractivity contribution is 0.0953. The van der Waals surface area contributed by atoms with Crippen LogP contribution in [0.25, 0.3) is 0 Å². The highest BCUT2D eigenvalue weighted by atomic mass is 16.5. The Kier molecular flexibility index (Phi) is 5.38. The zero-order valence-corrected chi connectivity index (χ0v) is 12.8. The third-order valence-corrected chi connectivity index (χ3v) is 3.14. The zero-order chi connectivity index (χ0) is 15.9. The molecule has 0 bridgehead atoms. The molecule has 2 aromatic carbocycles. The summed E-state index contributed by atoms with van der Waals surface area (Å²) < 4.78 is 11.4. The lowest BCUT2D eigenvalue weighted by Gasteiger charge is -2.13. The lowest BCUT2D eigenvalue weighted by Crippen LogP contribution is -2.30. The summed E-state index contributed by atoms with van der Waals surface area (Å²) >= 11 is 0. The van der Waals surface area contributed by atoms with E-state index in [4.69, 9.17) is 15.3 Å². The van der Waals surface area contributed by atoms with Crippen molar-refractivity contribution in [2.75, 3.05) is 6.61 Å². The first-order chi connectivity index (χ1) is 10.6. The van der Waals surface area contributed by atoms with Gasteiger partial charge in [-0.1, -0.05) is 12.1 Å². The van der Waals surface area contributed by atoms with E-state index < -0.39 is 0 Å². The summed E-state index contributed by atoms with van der Waals surface area (Å²) in [6.07, 6.45) is 0. The second-order valence-corrected chi connectivity index (χ2v) is 4.83. The normalized spacial score (nSPS) is 10.1. The number of hydrazine groups is 1. The quantitative estimate of drug-likeness (QED) is 0.488. The molecule has 0 saturated carbocycles. The van der Waals surface area contributed by atoms with Crippen LogP contribution in [0.5, 0.6) is 11.5 Å². The maximum Gasteiger partial charge on any atom is 0.265 e. The highest BCUT2D eigenvalue weighted by Crippen LogP contribution is 2.23. The summed E-state index contributed by atoms with van der Waals surface area (Å²) in [4.78, 5) is 11.6. The molecule has 5 nitrogen and oxygen atoms in total. The van der Waals surface area contributed by atoms with E-state index in [2.05, 4.69) is 5.43 Å². The van der Waals surface area contributed by atoms with Gasteiger partial charge < -0.3 is 9.47 Å². The van der Waals surface area contributed by atoms with Crippen molar-refractivity contribution in [1.29, 1.82) is 0 Å². The Bertz CT molecular complexity index is 656. The Morgan fingerprint density at radius 2 is 2.00 bits per heavy atom. The molecule has 1 amide bonds. The average Bonchev–Trinajstić information content (AvgIpc) is 2.53. The third kappa shape index (κ3) is 3.99. The number of rotatable bonds is 6. The minimum absolute atomic E-state index is 0.310. The van der Waals surface area contributed by atoms with Crippen LogP contribution in [0.1, 0.15) is 28.4 Å². The van der Waals surface area contributed by atoms with E-state index in [0.717, 1.165) is 16.9 Å². The summed E-state index contributed by atoms with van der Waals surface area (Å²) in [6, 6.07) is 12.9. The van der Waals surface area contributed by atoms with Crippen LogP contribution in [0.3, 0.4) is 0 Å².